The van der Waals surface area contributed by atoms with Crippen LogP contribution in [0.5, 0.6) is 11.5 Å². The van der Waals surface area contributed by atoms with E-state index in [1.54, 1.807) is 55.6 Å². The van der Waals surface area contributed by atoms with Gasteiger partial charge in [-0.3, -0.25) is 9.59 Å². The predicted molar refractivity (Wildman–Crippen MR) is 105 cm³/mol. The second kappa shape index (κ2) is 10.2. The van der Waals surface area contributed by atoms with Crippen LogP contribution in [0.15, 0.2) is 48.5 Å². The Balaban J connectivity index is 2.11. The van der Waals surface area contributed by atoms with Gasteiger partial charge in [0.25, 0.3) is 11.8 Å². The van der Waals surface area contributed by atoms with E-state index in [-0.39, 0.29) is 11.8 Å². The minimum Gasteiger partial charge on any atom is -0.497 e. The summed E-state index contributed by atoms with van der Waals surface area (Å²) in [6.07, 6.45) is 0.628. The van der Waals surface area contributed by atoms with Gasteiger partial charge in [-0.25, -0.2) is 0 Å². The lowest BCUT2D eigenvalue weighted by Gasteiger charge is -2.19. The molecule has 144 valence electrons. The van der Waals surface area contributed by atoms with Crippen molar-refractivity contribution in [1.29, 1.82) is 0 Å². The molecule has 0 aromatic heterocycles. The Morgan fingerprint density at radius 1 is 1.04 bits per heavy atom. The van der Waals surface area contributed by atoms with Gasteiger partial charge >= 0.3 is 0 Å². The zero-order chi connectivity index (χ0) is 19.6. The van der Waals surface area contributed by atoms with E-state index in [2.05, 4.69) is 10.6 Å². The minimum atomic E-state index is -0.691. The minimum absolute atomic E-state index is 0.213. The highest BCUT2D eigenvalue weighted by molar-refractivity contribution is 6.04. The van der Waals surface area contributed by atoms with E-state index in [0.717, 1.165) is 6.42 Å². The van der Waals surface area contributed by atoms with Crippen LogP contribution >= 0.6 is 0 Å². The summed E-state index contributed by atoms with van der Waals surface area (Å²) in [5, 5.41) is 5.63. The molecule has 6 nitrogen and oxygen atoms in total. The molecular formula is C21H26N2O4. The van der Waals surface area contributed by atoms with E-state index in [0.29, 0.717) is 35.7 Å². The maximum atomic E-state index is 12.7. The number of carbonyl (C=O) groups excluding carboxylic acids is 2. The van der Waals surface area contributed by atoms with Gasteiger partial charge in [0.15, 0.2) is 6.10 Å². The van der Waals surface area contributed by atoms with Gasteiger partial charge in [0.1, 0.15) is 11.5 Å². The van der Waals surface area contributed by atoms with E-state index >= 15 is 0 Å². The van der Waals surface area contributed by atoms with E-state index in [9.17, 15) is 9.59 Å². The van der Waals surface area contributed by atoms with Crippen LogP contribution in [-0.4, -0.2) is 31.6 Å². The van der Waals surface area contributed by atoms with Gasteiger partial charge in [-0.15, -0.1) is 0 Å². The number of methoxy groups -OCH3 is 1. The fourth-order valence-electron chi connectivity index (χ4n) is 2.50. The number of hydrogen-bond donors (Lipinski definition) is 2. The summed E-state index contributed by atoms with van der Waals surface area (Å²) in [6.45, 7) is 4.43. The van der Waals surface area contributed by atoms with E-state index in [1.165, 1.54) is 0 Å². The maximum Gasteiger partial charge on any atom is 0.265 e. The molecule has 0 aliphatic carbocycles. The van der Waals surface area contributed by atoms with Gasteiger partial charge in [0, 0.05) is 12.6 Å². The van der Waals surface area contributed by atoms with Gasteiger partial charge in [-0.05, 0) is 37.1 Å². The molecule has 0 aliphatic heterocycles. The van der Waals surface area contributed by atoms with Crippen LogP contribution in [0, 0.1) is 0 Å². The summed E-state index contributed by atoms with van der Waals surface area (Å²) in [5.41, 5.74) is 0.888. The molecule has 2 amide bonds. The Kier molecular flexibility index (Phi) is 7.67. The Bertz CT molecular complexity index is 776. The molecule has 0 aliphatic rings. The normalized spacial score (nSPS) is 11.4. The number of rotatable bonds is 9. The fourth-order valence-corrected chi connectivity index (χ4v) is 2.50. The van der Waals surface area contributed by atoms with Crippen molar-refractivity contribution >= 4 is 17.5 Å². The van der Waals surface area contributed by atoms with Gasteiger partial charge in [-0.1, -0.05) is 32.0 Å². The molecule has 27 heavy (non-hydrogen) atoms. The summed E-state index contributed by atoms with van der Waals surface area (Å²) in [5.74, 6) is 0.677. The Labute approximate surface area is 159 Å². The second-order valence-electron chi connectivity index (χ2n) is 5.98. The van der Waals surface area contributed by atoms with Crippen LogP contribution in [0.25, 0.3) is 0 Å². The molecule has 2 aromatic carbocycles. The Morgan fingerprint density at radius 2 is 1.78 bits per heavy atom. The molecule has 0 radical (unpaired) electrons. The number of carbonyl (C=O) groups is 2. The molecule has 0 fully saturated rings. The molecule has 2 aromatic rings. The van der Waals surface area contributed by atoms with E-state index < -0.39 is 6.10 Å². The molecule has 0 bridgehead atoms. The zero-order valence-corrected chi connectivity index (χ0v) is 16.0. The van der Waals surface area contributed by atoms with Crippen molar-refractivity contribution in [3.8, 4) is 11.5 Å². The zero-order valence-electron chi connectivity index (χ0n) is 16.0. The monoisotopic (exact) mass is 370 g/mol. The first-order valence-electron chi connectivity index (χ1n) is 9.07. The maximum absolute atomic E-state index is 12.7. The molecule has 0 unspecified atom stereocenters. The van der Waals surface area contributed by atoms with Crippen molar-refractivity contribution in [3.05, 3.63) is 54.1 Å². The van der Waals surface area contributed by atoms with Crippen molar-refractivity contribution in [2.45, 2.75) is 32.8 Å². The lowest BCUT2D eigenvalue weighted by molar-refractivity contribution is -0.122. The van der Waals surface area contributed by atoms with Crippen molar-refractivity contribution in [1.82, 2.24) is 5.32 Å². The van der Waals surface area contributed by atoms with Gasteiger partial charge in [-0.2, -0.15) is 0 Å². The number of amides is 2. The van der Waals surface area contributed by atoms with E-state index in [1.807, 2.05) is 13.8 Å². The smallest absolute Gasteiger partial charge is 0.265 e. The van der Waals surface area contributed by atoms with Crippen LogP contribution in [0.2, 0.25) is 0 Å². The molecule has 2 rings (SSSR count). The van der Waals surface area contributed by atoms with Gasteiger partial charge in [0.2, 0.25) is 0 Å². The van der Waals surface area contributed by atoms with Crippen LogP contribution in [-0.2, 0) is 4.79 Å². The molecule has 2 N–H and O–H groups in total. The average Bonchev–Trinajstić information content (AvgIpc) is 2.70. The quantitative estimate of drug-likeness (QED) is 0.707. The molecule has 0 saturated carbocycles. The lowest BCUT2D eigenvalue weighted by Crippen LogP contribution is -2.33. The van der Waals surface area contributed by atoms with Gasteiger partial charge in [0.05, 0.1) is 18.4 Å². The number of para-hydroxylation sites is 1. The number of benzene rings is 2. The van der Waals surface area contributed by atoms with Crippen LogP contribution in [0.1, 0.15) is 37.0 Å². The summed E-state index contributed by atoms with van der Waals surface area (Å²) >= 11 is 0. The average molecular weight is 370 g/mol. The Morgan fingerprint density at radius 3 is 2.48 bits per heavy atom. The van der Waals surface area contributed by atoms with Crippen molar-refractivity contribution in [3.63, 3.8) is 0 Å². The van der Waals surface area contributed by atoms with Crippen LogP contribution < -0.4 is 20.1 Å². The van der Waals surface area contributed by atoms with Crippen molar-refractivity contribution in [2.24, 2.45) is 0 Å². The number of ether oxygens (including phenoxy) is 2. The first kappa shape index (κ1) is 20.3. The summed E-state index contributed by atoms with van der Waals surface area (Å²) in [4.78, 5) is 25.0. The third-order valence-electron chi connectivity index (χ3n) is 3.95. The molecule has 6 heteroatoms. The Hall–Kier alpha value is -3.02. The predicted octanol–water partition coefficient (Wildman–Crippen LogP) is 3.63. The molecular weight excluding hydrogens is 344 g/mol. The molecule has 0 heterocycles. The lowest BCUT2D eigenvalue weighted by atomic mass is 10.1. The molecule has 1 atom stereocenters. The van der Waals surface area contributed by atoms with Crippen molar-refractivity contribution in [2.75, 3.05) is 19.0 Å². The van der Waals surface area contributed by atoms with E-state index in [4.69, 9.17) is 9.47 Å². The number of anilines is 1. The fraction of sp³-hybridized carbons (Fsp3) is 0.333. The first-order valence-corrected chi connectivity index (χ1v) is 9.07. The molecule has 0 spiro atoms. The first-order chi connectivity index (χ1) is 13.1. The van der Waals surface area contributed by atoms with Crippen molar-refractivity contribution < 1.29 is 19.1 Å². The standard InChI is InChI=1S/C21H26N2O4/c1-4-13-22-20(24)17-11-6-7-12-18(17)23-21(25)19(5-2)27-16-10-8-9-15(14-16)26-3/h6-12,14,19H,4-5,13H2,1-3H3,(H,22,24)(H,23,25)/t19-/m0/s1. The third kappa shape index (κ3) is 5.74. The number of hydrogen-bond acceptors (Lipinski definition) is 4. The van der Waals surface area contributed by atoms with Crippen LogP contribution in [0.3, 0.4) is 0 Å². The van der Waals surface area contributed by atoms with Crippen LogP contribution in [0.4, 0.5) is 5.69 Å². The highest BCUT2D eigenvalue weighted by Crippen LogP contribution is 2.22. The number of nitrogens with one attached hydrogen (secondary N) is 2. The van der Waals surface area contributed by atoms with Gasteiger partial charge < -0.3 is 20.1 Å². The summed E-state index contributed by atoms with van der Waals surface area (Å²) in [7, 11) is 1.57. The molecule has 0 saturated heterocycles. The topological polar surface area (TPSA) is 76.7 Å². The second-order valence-corrected chi connectivity index (χ2v) is 5.98. The summed E-state index contributed by atoms with van der Waals surface area (Å²) in [6, 6.07) is 14.0. The largest absolute Gasteiger partial charge is 0.497 e. The highest BCUT2D eigenvalue weighted by Gasteiger charge is 2.21. The highest BCUT2D eigenvalue weighted by atomic mass is 16.5. The summed E-state index contributed by atoms with van der Waals surface area (Å²) < 4.78 is 11.0. The SMILES string of the molecule is CCCNC(=O)c1ccccc1NC(=O)[C@H](CC)Oc1cccc(OC)c1. The third-order valence-corrected chi connectivity index (χ3v) is 3.95.